The number of urea groups is 1. The number of allylic oxidation sites excluding steroid dienone is 9. The predicted octanol–water partition coefficient (Wildman–Crippen LogP) is 6.05. The van der Waals surface area contributed by atoms with E-state index in [9.17, 15) is 27.2 Å². The third-order valence-electron chi connectivity index (χ3n) is 4.67. The van der Waals surface area contributed by atoms with Gasteiger partial charge in [0.05, 0.1) is 5.57 Å². The lowest BCUT2D eigenvalue weighted by Gasteiger charge is -2.15. The minimum absolute atomic E-state index is 0.0108. The Kier molecular flexibility index (Phi) is 15.2. The van der Waals surface area contributed by atoms with Crippen LogP contribution in [-0.4, -0.2) is 51.2 Å². The van der Waals surface area contributed by atoms with Gasteiger partial charge in [-0.2, -0.15) is 13.2 Å². The molecule has 0 aliphatic heterocycles. The maximum Gasteiger partial charge on any atom is 0.414 e. The van der Waals surface area contributed by atoms with Crippen LogP contribution in [0.5, 0.6) is 5.75 Å². The fourth-order valence-electron chi connectivity index (χ4n) is 2.89. The molecular formula is C27H31ClF4N4O3. The van der Waals surface area contributed by atoms with Crippen LogP contribution in [0.15, 0.2) is 88.6 Å². The van der Waals surface area contributed by atoms with Crippen LogP contribution >= 0.6 is 11.6 Å². The van der Waals surface area contributed by atoms with Crippen molar-refractivity contribution in [2.24, 2.45) is 0 Å². The van der Waals surface area contributed by atoms with Crippen molar-refractivity contribution in [3.8, 4) is 5.75 Å². The summed E-state index contributed by atoms with van der Waals surface area (Å²) >= 11 is 5.60. The van der Waals surface area contributed by atoms with E-state index in [0.29, 0.717) is 29.8 Å². The Balaban J connectivity index is 0.000000354. The lowest BCUT2D eigenvalue weighted by atomic mass is 10.1. The second-order valence-electron chi connectivity index (χ2n) is 7.82. The Hall–Kier alpha value is -3.70. The third-order valence-corrected chi connectivity index (χ3v) is 5.05. The van der Waals surface area contributed by atoms with Crippen molar-refractivity contribution in [1.29, 1.82) is 0 Å². The molecule has 2 aliphatic rings. The average molecular weight is 571 g/mol. The van der Waals surface area contributed by atoms with Gasteiger partial charge in [0.2, 0.25) is 0 Å². The summed E-state index contributed by atoms with van der Waals surface area (Å²) in [6, 6.07) is 2.71. The quantitative estimate of drug-likeness (QED) is 0.296. The molecule has 0 unspecified atom stereocenters. The first-order chi connectivity index (χ1) is 18.5. The topological polar surface area (TPSA) is 92.3 Å². The molecule has 39 heavy (non-hydrogen) atoms. The number of pyridine rings is 1. The normalized spacial score (nSPS) is 17.6. The number of nitrogens with one attached hydrogen (secondary N) is 3. The van der Waals surface area contributed by atoms with Gasteiger partial charge in [0.1, 0.15) is 23.9 Å². The summed E-state index contributed by atoms with van der Waals surface area (Å²) in [4.78, 5) is 25.5. The molecule has 0 spiro atoms. The molecule has 2 amide bonds. The van der Waals surface area contributed by atoms with Crippen LogP contribution in [0.4, 0.5) is 22.4 Å². The SMILES string of the molecule is CNC.CNC(=O)NC1=CC/C(C(F)(F)F)=C(/Cl)C/C=C\1.O=Cc1cc(OCC2=CCC=CC(F)=C2)ccn1. The Morgan fingerprint density at radius 3 is 2.51 bits per heavy atom. The number of hydrogen-bond acceptors (Lipinski definition) is 5. The highest BCUT2D eigenvalue weighted by molar-refractivity contribution is 6.30. The van der Waals surface area contributed by atoms with E-state index in [0.717, 1.165) is 5.57 Å². The van der Waals surface area contributed by atoms with Crippen molar-refractivity contribution >= 4 is 23.9 Å². The van der Waals surface area contributed by atoms with Gasteiger partial charge in [0, 0.05) is 36.5 Å². The van der Waals surface area contributed by atoms with Gasteiger partial charge >= 0.3 is 12.2 Å². The zero-order chi connectivity index (χ0) is 29.3. The van der Waals surface area contributed by atoms with E-state index in [4.69, 9.17) is 16.3 Å². The fourth-order valence-corrected chi connectivity index (χ4v) is 3.17. The molecule has 0 bridgehead atoms. The van der Waals surface area contributed by atoms with Gasteiger partial charge in [-0.1, -0.05) is 35.9 Å². The van der Waals surface area contributed by atoms with Gasteiger partial charge < -0.3 is 20.7 Å². The summed E-state index contributed by atoms with van der Waals surface area (Å²) in [5.74, 6) is 0.254. The van der Waals surface area contributed by atoms with E-state index < -0.39 is 17.8 Å². The first-order valence-electron chi connectivity index (χ1n) is 11.7. The Labute approximate surface area is 230 Å². The summed E-state index contributed by atoms with van der Waals surface area (Å²) in [6.45, 7) is 0.261. The van der Waals surface area contributed by atoms with Crippen molar-refractivity contribution in [3.63, 3.8) is 0 Å². The second-order valence-corrected chi connectivity index (χ2v) is 8.28. The van der Waals surface area contributed by atoms with Crippen LogP contribution in [0.2, 0.25) is 0 Å². The van der Waals surface area contributed by atoms with E-state index >= 15 is 0 Å². The smallest absolute Gasteiger partial charge is 0.414 e. The van der Waals surface area contributed by atoms with Gasteiger partial charge in [-0.15, -0.1) is 0 Å². The maximum atomic E-state index is 13.2. The summed E-state index contributed by atoms with van der Waals surface area (Å²) in [5, 5.41) is 7.25. The number of carbonyl (C=O) groups is 2. The second kappa shape index (κ2) is 17.7. The zero-order valence-electron chi connectivity index (χ0n) is 21.7. The van der Waals surface area contributed by atoms with Crippen LogP contribution in [0.1, 0.15) is 29.8 Å². The van der Waals surface area contributed by atoms with Gasteiger partial charge in [-0.05, 0) is 56.8 Å². The number of nitrogens with zero attached hydrogens (tertiary/aromatic N) is 1. The molecule has 1 heterocycles. The van der Waals surface area contributed by atoms with Crippen LogP contribution in [0.25, 0.3) is 0 Å². The molecular weight excluding hydrogens is 540 g/mol. The van der Waals surface area contributed by atoms with Crippen LogP contribution < -0.4 is 20.7 Å². The molecule has 3 rings (SSSR count). The van der Waals surface area contributed by atoms with E-state index in [1.165, 1.54) is 43.6 Å². The van der Waals surface area contributed by atoms with Gasteiger partial charge in [-0.3, -0.25) is 9.78 Å². The minimum Gasteiger partial charge on any atom is -0.489 e. The lowest BCUT2D eigenvalue weighted by Crippen LogP contribution is -2.31. The van der Waals surface area contributed by atoms with Crippen molar-refractivity contribution in [1.82, 2.24) is 20.9 Å². The van der Waals surface area contributed by atoms with E-state index in [2.05, 4.69) is 20.9 Å². The highest BCUT2D eigenvalue weighted by Crippen LogP contribution is 2.35. The number of aldehydes is 1. The fraction of sp³-hybridized carbons (Fsp3) is 0.296. The third kappa shape index (κ3) is 13.6. The number of amides is 2. The first-order valence-corrected chi connectivity index (χ1v) is 12.1. The van der Waals surface area contributed by atoms with Crippen molar-refractivity contribution in [3.05, 3.63) is 94.3 Å². The molecule has 12 heteroatoms. The predicted molar refractivity (Wildman–Crippen MR) is 144 cm³/mol. The largest absolute Gasteiger partial charge is 0.489 e. The standard InChI is InChI=1S/C14H12FNO2.C11H12ClF3N2O.C2H7N/c15-12-4-2-1-3-11(7-12)10-18-14-5-6-16-13(8-14)9-17;1-16-10(18)17-7-3-2-4-9(12)8(6-5-7)11(13,14)15;1-3-2/h2-9H,1,10H2;2-3,5H,4,6H2,1H3,(H2,16,17,18);3H,1-2H3/b;3-2-,7-5?,9-8-;. The lowest BCUT2D eigenvalue weighted by molar-refractivity contribution is -0.0934. The number of halogens is 5. The molecule has 212 valence electrons. The maximum absolute atomic E-state index is 13.2. The number of aromatic nitrogens is 1. The Morgan fingerprint density at radius 2 is 1.87 bits per heavy atom. The molecule has 0 saturated heterocycles. The molecule has 2 aliphatic carbocycles. The highest BCUT2D eigenvalue weighted by atomic mass is 35.5. The zero-order valence-corrected chi connectivity index (χ0v) is 22.5. The van der Waals surface area contributed by atoms with Crippen molar-refractivity contribution < 1.29 is 31.9 Å². The number of hydrogen-bond donors (Lipinski definition) is 3. The number of alkyl halides is 3. The number of ether oxygens (including phenoxy) is 1. The van der Waals surface area contributed by atoms with E-state index in [1.807, 2.05) is 20.2 Å². The average Bonchev–Trinajstić information content (AvgIpc) is 3.10. The molecule has 3 N–H and O–H groups in total. The Bertz CT molecular complexity index is 1160. The van der Waals surface area contributed by atoms with E-state index in [-0.39, 0.29) is 30.3 Å². The first kappa shape index (κ1) is 33.3. The molecule has 0 saturated carbocycles. The highest BCUT2D eigenvalue weighted by Gasteiger charge is 2.35. The molecule has 0 atom stereocenters. The summed E-state index contributed by atoms with van der Waals surface area (Å²) < 4.78 is 56.6. The number of rotatable bonds is 5. The number of carbonyl (C=O) groups excluding carboxylic acids is 2. The summed E-state index contributed by atoms with van der Waals surface area (Å²) in [5.41, 5.74) is 0.595. The monoisotopic (exact) mass is 570 g/mol. The van der Waals surface area contributed by atoms with Crippen molar-refractivity contribution in [2.75, 3.05) is 27.7 Å². The van der Waals surface area contributed by atoms with Gasteiger partial charge in [0.15, 0.2) is 6.29 Å². The molecule has 1 aromatic heterocycles. The summed E-state index contributed by atoms with van der Waals surface area (Å²) in [7, 11) is 5.17. The molecule has 0 radical (unpaired) electrons. The molecule has 1 aromatic rings. The van der Waals surface area contributed by atoms with E-state index in [1.54, 1.807) is 18.2 Å². The van der Waals surface area contributed by atoms with Crippen LogP contribution in [0, 0.1) is 0 Å². The molecule has 7 nitrogen and oxygen atoms in total. The van der Waals surface area contributed by atoms with Crippen molar-refractivity contribution in [2.45, 2.75) is 25.4 Å². The van der Waals surface area contributed by atoms with Crippen LogP contribution in [0.3, 0.4) is 0 Å². The van der Waals surface area contributed by atoms with Crippen LogP contribution in [-0.2, 0) is 0 Å². The molecule has 0 aromatic carbocycles. The minimum atomic E-state index is -4.46. The van der Waals surface area contributed by atoms with Gasteiger partial charge in [-0.25, -0.2) is 9.18 Å². The Morgan fingerprint density at radius 1 is 1.15 bits per heavy atom. The molecule has 0 fully saturated rings. The van der Waals surface area contributed by atoms with Gasteiger partial charge in [0.25, 0.3) is 0 Å². The summed E-state index contributed by atoms with van der Waals surface area (Å²) in [6.07, 6.45) is 8.76.